The maximum Gasteiger partial charge on any atom is 0.122 e. The lowest BCUT2D eigenvalue weighted by Gasteiger charge is -2.00. The van der Waals surface area contributed by atoms with Crippen LogP contribution in [-0.2, 0) is 0 Å². The van der Waals surface area contributed by atoms with Gasteiger partial charge >= 0.3 is 0 Å². The molecule has 0 aliphatic carbocycles. The Kier molecular flexibility index (Phi) is 2.12. The summed E-state index contributed by atoms with van der Waals surface area (Å²) in [6, 6.07) is 7.31. The van der Waals surface area contributed by atoms with E-state index in [9.17, 15) is 0 Å². The van der Waals surface area contributed by atoms with E-state index in [0.29, 0.717) is 11.3 Å². The van der Waals surface area contributed by atoms with Gasteiger partial charge in [0.1, 0.15) is 12.9 Å². The van der Waals surface area contributed by atoms with E-state index in [1.165, 1.54) is 0 Å². The van der Waals surface area contributed by atoms with Gasteiger partial charge in [0.25, 0.3) is 0 Å². The Bertz CT molecular complexity index is 299. The molecule has 0 saturated heterocycles. The molecule has 1 radical (unpaired) electrons. The summed E-state index contributed by atoms with van der Waals surface area (Å²) in [5.74, 6) is 0.626. The number of rotatable bonds is 1. The molecule has 0 heterocycles. The van der Waals surface area contributed by atoms with Gasteiger partial charge in [0.05, 0.1) is 11.6 Å². The van der Waals surface area contributed by atoms with Crippen LogP contribution in [0, 0.1) is 25.4 Å². The molecule has 0 amide bonds. The van der Waals surface area contributed by atoms with Crippen molar-refractivity contribution in [2.24, 2.45) is 0 Å². The summed E-state index contributed by atoms with van der Waals surface area (Å²) in [7, 11) is 3.26. The SMILES string of the molecule is [CH2]Oc1cc(C)cc(C#N)c1. The number of hydrogen-bond acceptors (Lipinski definition) is 2. The Morgan fingerprint density at radius 3 is 2.73 bits per heavy atom. The molecule has 2 heteroatoms. The number of nitriles is 1. The molecule has 2 nitrogen and oxygen atoms in total. The van der Waals surface area contributed by atoms with E-state index < -0.39 is 0 Å². The van der Waals surface area contributed by atoms with Crippen molar-refractivity contribution in [1.82, 2.24) is 0 Å². The van der Waals surface area contributed by atoms with Crippen LogP contribution >= 0.6 is 0 Å². The minimum Gasteiger partial charge on any atom is -0.490 e. The molecular formula is C9H8NO. The van der Waals surface area contributed by atoms with E-state index in [-0.39, 0.29) is 0 Å². The highest BCUT2D eigenvalue weighted by Crippen LogP contribution is 2.15. The highest BCUT2D eigenvalue weighted by atomic mass is 16.5. The molecule has 0 aromatic heterocycles. The van der Waals surface area contributed by atoms with Gasteiger partial charge in [0.15, 0.2) is 0 Å². The van der Waals surface area contributed by atoms with Crippen molar-refractivity contribution in [2.45, 2.75) is 6.92 Å². The molecule has 0 spiro atoms. The molecule has 0 saturated carbocycles. The van der Waals surface area contributed by atoms with Gasteiger partial charge in [-0.3, -0.25) is 0 Å². The van der Waals surface area contributed by atoms with E-state index in [1.807, 2.05) is 19.1 Å². The molecule has 0 N–H and O–H groups in total. The lowest BCUT2D eigenvalue weighted by Crippen LogP contribution is -1.83. The van der Waals surface area contributed by atoms with Crippen LogP contribution in [-0.4, -0.2) is 0 Å². The molecule has 0 aliphatic heterocycles. The second-order valence-corrected chi connectivity index (χ2v) is 2.29. The predicted octanol–water partition coefficient (Wildman–Crippen LogP) is 2.04. The fraction of sp³-hybridized carbons (Fsp3) is 0.111. The number of ether oxygens (including phenoxy) is 1. The van der Waals surface area contributed by atoms with E-state index in [0.717, 1.165) is 5.56 Å². The van der Waals surface area contributed by atoms with E-state index >= 15 is 0 Å². The van der Waals surface area contributed by atoms with Gasteiger partial charge in [-0.15, -0.1) is 0 Å². The van der Waals surface area contributed by atoms with Crippen LogP contribution in [0.1, 0.15) is 11.1 Å². The molecule has 11 heavy (non-hydrogen) atoms. The third-order valence-electron chi connectivity index (χ3n) is 1.35. The normalized spacial score (nSPS) is 8.82. The van der Waals surface area contributed by atoms with Crippen LogP contribution in [0.4, 0.5) is 0 Å². The smallest absolute Gasteiger partial charge is 0.122 e. The van der Waals surface area contributed by atoms with E-state index in [2.05, 4.69) is 7.11 Å². The molecule has 0 aliphatic rings. The quantitative estimate of drug-likeness (QED) is 0.607. The third-order valence-corrected chi connectivity index (χ3v) is 1.35. The van der Waals surface area contributed by atoms with Crippen LogP contribution in [0.15, 0.2) is 18.2 Å². The van der Waals surface area contributed by atoms with E-state index in [1.54, 1.807) is 12.1 Å². The average molecular weight is 146 g/mol. The zero-order chi connectivity index (χ0) is 8.27. The van der Waals surface area contributed by atoms with Crippen molar-refractivity contribution in [3.8, 4) is 11.8 Å². The summed E-state index contributed by atoms with van der Waals surface area (Å²) in [5, 5.41) is 8.56. The van der Waals surface area contributed by atoms with Crippen molar-refractivity contribution >= 4 is 0 Å². The largest absolute Gasteiger partial charge is 0.490 e. The Hall–Kier alpha value is -1.49. The van der Waals surface area contributed by atoms with Crippen LogP contribution in [0.3, 0.4) is 0 Å². The first-order valence-corrected chi connectivity index (χ1v) is 3.20. The Balaban J connectivity index is 3.15. The Morgan fingerprint density at radius 1 is 1.45 bits per heavy atom. The second-order valence-electron chi connectivity index (χ2n) is 2.29. The van der Waals surface area contributed by atoms with Crippen LogP contribution < -0.4 is 4.74 Å². The predicted molar refractivity (Wildman–Crippen MR) is 41.9 cm³/mol. The fourth-order valence-electron chi connectivity index (χ4n) is 0.896. The second kappa shape index (κ2) is 3.07. The van der Waals surface area contributed by atoms with Gasteiger partial charge in [-0.25, -0.2) is 0 Å². The number of hydrogen-bond donors (Lipinski definition) is 0. The molecule has 1 rings (SSSR count). The van der Waals surface area contributed by atoms with Crippen molar-refractivity contribution < 1.29 is 4.74 Å². The van der Waals surface area contributed by atoms with E-state index in [4.69, 9.17) is 10.00 Å². The van der Waals surface area contributed by atoms with Gasteiger partial charge in [-0.2, -0.15) is 5.26 Å². The molecule has 1 aromatic carbocycles. The Labute approximate surface area is 66.0 Å². The highest BCUT2D eigenvalue weighted by Gasteiger charge is 1.95. The summed E-state index contributed by atoms with van der Waals surface area (Å²) in [5.41, 5.74) is 1.60. The number of benzene rings is 1. The van der Waals surface area contributed by atoms with Crippen LogP contribution in [0.2, 0.25) is 0 Å². The van der Waals surface area contributed by atoms with Crippen LogP contribution in [0.5, 0.6) is 5.75 Å². The van der Waals surface area contributed by atoms with Crippen molar-refractivity contribution in [3.63, 3.8) is 0 Å². The standard InChI is InChI=1S/C9H8NO/c1-7-3-8(6-10)5-9(4-7)11-2/h3-5H,2H2,1H3. The third kappa shape index (κ3) is 1.71. The molecule has 0 fully saturated rings. The van der Waals surface area contributed by atoms with Gasteiger partial charge in [0, 0.05) is 0 Å². The lowest BCUT2D eigenvalue weighted by atomic mass is 10.1. The molecule has 1 aromatic rings. The monoisotopic (exact) mass is 146 g/mol. The van der Waals surface area contributed by atoms with Crippen LogP contribution in [0.25, 0.3) is 0 Å². The summed E-state index contributed by atoms with van der Waals surface area (Å²) >= 11 is 0. The molecule has 0 atom stereocenters. The number of nitrogens with zero attached hydrogens (tertiary/aromatic N) is 1. The highest BCUT2D eigenvalue weighted by molar-refractivity contribution is 5.40. The zero-order valence-corrected chi connectivity index (χ0v) is 6.29. The molecule has 0 unspecified atom stereocenters. The molecule has 0 bridgehead atoms. The topological polar surface area (TPSA) is 33.0 Å². The summed E-state index contributed by atoms with van der Waals surface area (Å²) in [4.78, 5) is 0. The van der Waals surface area contributed by atoms with Crippen molar-refractivity contribution in [3.05, 3.63) is 36.4 Å². The Morgan fingerprint density at radius 2 is 2.18 bits per heavy atom. The van der Waals surface area contributed by atoms with Gasteiger partial charge < -0.3 is 4.74 Å². The first-order valence-electron chi connectivity index (χ1n) is 3.20. The minimum atomic E-state index is 0.601. The minimum absolute atomic E-state index is 0.601. The lowest BCUT2D eigenvalue weighted by molar-refractivity contribution is 0.472. The first-order chi connectivity index (χ1) is 5.26. The maximum atomic E-state index is 8.56. The maximum absolute atomic E-state index is 8.56. The molecule has 55 valence electrons. The molecular weight excluding hydrogens is 138 g/mol. The summed E-state index contributed by atoms with van der Waals surface area (Å²) in [6.07, 6.45) is 0. The number of aryl methyl sites for hydroxylation is 1. The van der Waals surface area contributed by atoms with Gasteiger partial charge in [-0.1, -0.05) is 0 Å². The summed E-state index contributed by atoms with van der Waals surface area (Å²) in [6.45, 7) is 1.91. The van der Waals surface area contributed by atoms with Crippen molar-refractivity contribution in [2.75, 3.05) is 0 Å². The van der Waals surface area contributed by atoms with Crippen molar-refractivity contribution in [1.29, 1.82) is 5.26 Å². The van der Waals surface area contributed by atoms with Gasteiger partial charge in [0.2, 0.25) is 0 Å². The zero-order valence-electron chi connectivity index (χ0n) is 6.29. The fourth-order valence-corrected chi connectivity index (χ4v) is 0.896. The summed E-state index contributed by atoms with van der Waals surface area (Å²) < 4.78 is 4.74. The average Bonchev–Trinajstić information content (AvgIpc) is 2.03. The first kappa shape index (κ1) is 7.62. The van der Waals surface area contributed by atoms with Gasteiger partial charge in [-0.05, 0) is 30.7 Å².